The van der Waals surface area contributed by atoms with Gasteiger partial charge in [-0.2, -0.15) is 0 Å². The molecule has 1 aromatic rings. The van der Waals surface area contributed by atoms with Crippen molar-refractivity contribution < 1.29 is 4.79 Å². The Morgan fingerprint density at radius 2 is 1.86 bits per heavy atom. The Hall–Kier alpha value is -2.21. The van der Waals surface area contributed by atoms with Crippen LogP contribution in [-0.2, 0) is 0 Å². The molecule has 0 heterocycles. The van der Waals surface area contributed by atoms with Gasteiger partial charge in [-0.25, -0.2) is 0 Å². The highest BCUT2D eigenvalue weighted by molar-refractivity contribution is 6.84. The van der Waals surface area contributed by atoms with Gasteiger partial charge >= 0.3 is 0 Å². The van der Waals surface area contributed by atoms with Crippen LogP contribution in [0.25, 0.3) is 0 Å². The summed E-state index contributed by atoms with van der Waals surface area (Å²) in [5, 5.41) is 0. The van der Waals surface area contributed by atoms with E-state index in [0.717, 1.165) is 12.8 Å². The number of carbonyl (C=O) groups is 1. The van der Waals surface area contributed by atoms with E-state index in [-0.39, 0.29) is 5.78 Å². The maximum absolute atomic E-state index is 12.2. The van der Waals surface area contributed by atoms with Gasteiger partial charge in [-0.15, -0.1) is 5.54 Å². The van der Waals surface area contributed by atoms with Gasteiger partial charge in [-0.05, 0) is 36.3 Å². The van der Waals surface area contributed by atoms with Crippen LogP contribution < -0.4 is 0 Å². The van der Waals surface area contributed by atoms with Gasteiger partial charge in [0.1, 0.15) is 8.07 Å². The number of benzene rings is 1. The molecule has 1 aromatic carbocycles. The molecule has 0 aliphatic heterocycles. The fourth-order valence-electron chi connectivity index (χ4n) is 1.43. The van der Waals surface area contributed by atoms with Crippen molar-refractivity contribution in [2.45, 2.75) is 39.4 Å². The van der Waals surface area contributed by atoms with Crippen molar-refractivity contribution in [2.24, 2.45) is 0 Å². The van der Waals surface area contributed by atoms with Crippen LogP contribution in [0.4, 0.5) is 0 Å². The normalized spacial score (nSPS) is 9.33. The Kier molecular flexibility index (Phi) is 6.54. The maximum atomic E-state index is 12.2. The molecule has 0 radical (unpaired) electrons. The number of hydrogen-bond donors (Lipinski definition) is 0. The summed E-state index contributed by atoms with van der Waals surface area (Å²) in [7, 11) is -1.55. The lowest BCUT2D eigenvalue weighted by atomic mass is 10.0. The van der Waals surface area contributed by atoms with Crippen molar-refractivity contribution in [1.82, 2.24) is 0 Å². The van der Waals surface area contributed by atoms with Crippen LogP contribution >= 0.6 is 0 Å². The van der Waals surface area contributed by atoms with Crippen molar-refractivity contribution in [2.75, 3.05) is 0 Å². The first-order valence-electron chi connectivity index (χ1n) is 7.09. The van der Waals surface area contributed by atoms with Gasteiger partial charge in [0.05, 0.1) is 0 Å². The molecule has 0 aliphatic carbocycles. The summed E-state index contributed by atoms with van der Waals surface area (Å²) in [6.45, 7) is 8.42. The summed E-state index contributed by atoms with van der Waals surface area (Å²) in [4.78, 5) is 12.2. The standard InChI is InChI=1S/C19H20OSi/c1-5-6-7-8-9-12-17-13-10-11-14-18(17)19(20)15-16-21(2,3)4/h10-11,13-14H,5-6H2,1-4H3. The monoisotopic (exact) mass is 292 g/mol. The topological polar surface area (TPSA) is 17.1 Å². The van der Waals surface area contributed by atoms with Crippen molar-refractivity contribution in [1.29, 1.82) is 0 Å². The van der Waals surface area contributed by atoms with E-state index in [0.29, 0.717) is 11.1 Å². The molecular weight excluding hydrogens is 272 g/mol. The first-order chi connectivity index (χ1) is 9.94. The van der Waals surface area contributed by atoms with Crippen molar-refractivity contribution in [3.63, 3.8) is 0 Å². The van der Waals surface area contributed by atoms with E-state index in [2.05, 4.69) is 61.7 Å². The number of carbonyl (C=O) groups excluding carboxylic acids is 1. The summed E-state index contributed by atoms with van der Waals surface area (Å²) in [5.74, 6) is 14.1. The smallest absolute Gasteiger partial charge is 0.236 e. The van der Waals surface area contributed by atoms with Gasteiger partial charge in [0.2, 0.25) is 5.78 Å². The Bertz CT molecular complexity index is 689. The average Bonchev–Trinajstić information content (AvgIpc) is 2.44. The second kappa shape index (κ2) is 8.16. The van der Waals surface area contributed by atoms with E-state index in [1.54, 1.807) is 6.07 Å². The molecule has 0 amide bonds. The van der Waals surface area contributed by atoms with E-state index in [9.17, 15) is 4.79 Å². The molecule has 1 nitrogen and oxygen atoms in total. The molecule has 0 aliphatic rings. The van der Waals surface area contributed by atoms with Crippen LogP contribution in [0.3, 0.4) is 0 Å². The van der Waals surface area contributed by atoms with Crippen LogP contribution in [0, 0.1) is 35.1 Å². The lowest BCUT2D eigenvalue weighted by Crippen LogP contribution is -2.17. The Labute approximate surface area is 129 Å². The molecule has 1 rings (SSSR count). The van der Waals surface area contributed by atoms with Crippen LogP contribution in [0.1, 0.15) is 35.7 Å². The van der Waals surface area contributed by atoms with E-state index in [1.165, 1.54) is 0 Å². The highest BCUT2D eigenvalue weighted by Crippen LogP contribution is 2.08. The van der Waals surface area contributed by atoms with E-state index in [4.69, 9.17) is 0 Å². The zero-order valence-corrected chi connectivity index (χ0v) is 14.1. The molecule has 2 heteroatoms. The zero-order chi connectivity index (χ0) is 15.7. The van der Waals surface area contributed by atoms with Gasteiger partial charge in [0.25, 0.3) is 0 Å². The minimum atomic E-state index is -1.55. The quantitative estimate of drug-likeness (QED) is 0.459. The number of unbranched alkanes of at least 4 members (excludes halogenated alkanes) is 1. The zero-order valence-electron chi connectivity index (χ0n) is 13.1. The third-order valence-corrected chi connectivity index (χ3v) is 3.32. The first kappa shape index (κ1) is 16.8. The average molecular weight is 292 g/mol. The number of hydrogen-bond acceptors (Lipinski definition) is 1. The van der Waals surface area contributed by atoms with Gasteiger partial charge in [0.15, 0.2) is 0 Å². The molecule has 0 fully saturated rings. The fourth-order valence-corrected chi connectivity index (χ4v) is 1.92. The summed E-state index contributed by atoms with van der Waals surface area (Å²) in [6.07, 6.45) is 1.87. The predicted molar refractivity (Wildman–Crippen MR) is 91.5 cm³/mol. The summed E-state index contributed by atoms with van der Waals surface area (Å²) >= 11 is 0. The highest BCUT2D eigenvalue weighted by Gasteiger charge is 2.10. The van der Waals surface area contributed by atoms with Crippen LogP contribution in [-0.4, -0.2) is 13.9 Å². The Morgan fingerprint density at radius 3 is 2.52 bits per heavy atom. The van der Waals surface area contributed by atoms with E-state index < -0.39 is 8.07 Å². The molecule has 0 N–H and O–H groups in total. The van der Waals surface area contributed by atoms with Gasteiger partial charge < -0.3 is 0 Å². The van der Waals surface area contributed by atoms with Crippen LogP contribution in [0.5, 0.6) is 0 Å². The van der Waals surface area contributed by atoms with Gasteiger partial charge in [-0.1, -0.05) is 50.5 Å². The van der Waals surface area contributed by atoms with Crippen LogP contribution in [0.15, 0.2) is 24.3 Å². The molecule has 0 spiro atoms. The second-order valence-corrected chi connectivity index (χ2v) is 10.4. The predicted octanol–water partition coefficient (Wildman–Crippen LogP) is 3.91. The molecule has 0 saturated carbocycles. The maximum Gasteiger partial charge on any atom is 0.236 e. The van der Waals surface area contributed by atoms with Crippen molar-refractivity contribution in [3.8, 4) is 35.1 Å². The van der Waals surface area contributed by atoms with E-state index >= 15 is 0 Å². The SMILES string of the molecule is CCCC#CC#Cc1ccccc1C(=O)C#C[Si](C)(C)C. The third-order valence-electron chi connectivity index (χ3n) is 2.45. The second-order valence-electron chi connectivity index (χ2n) is 5.68. The molecular formula is C19H20OSi. The summed E-state index contributed by atoms with van der Waals surface area (Å²) in [6, 6.07) is 7.30. The minimum Gasteiger partial charge on any atom is -0.279 e. The minimum absolute atomic E-state index is 0.163. The Balaban J connectivity index is 3.02. The Morgan fingerprint density at radius 1 is 1.14 bits per heavy atom. The number of Topliss-reactive ketones (excluding diaryl/α,β-unsaturated/α-hetero) is 1. The number of rotatable bonds is 2. The largest absolute Gasteiger partial charge is 0.279 e. The van der Waals surface area contributed by atoms with Gasteiger partial charge in [-0.3, -0.25) is 4.79 Å². The van der Waals surface area contributed by atoms with Gasteiger partial charge in [0, 0.05) is 17.5 Å². The van der Waals surface area contributed by atoms with Crippen molar-refractivity contribution in [3.05, 3.63) is 35.4 Å². The summed E-state index contributed by atoms with van der Waals surface area (Å²) < 4.78 is 0. The molecule has 0 bridgehead atoms. The molecule has 21 heavy (non-hydrogen) atoms. The molecule has 0 saturated heterocycles. The third kappa shape index (κ3) is 6.67. The lowest BCUT2D eigenvalue weighted by molar-refractivity contribution is 0.105. The molecule has 0 aromatic heterocycles. The van der Waals surface area contributed by atoms with E-state index in [1.807, 2.05) is 18.2 Å². The van der Waals surface area contributed by atoms with Crippen molar-refractivity contribution >= 4 is 13.9 Å². The molecule has 0 atom stereocenters. The molecule has 0 unspecified atom stereocenters. The lowest BCUT2D eigenvalue weighted by Gasteiger charge is -2.03. The highest BCUT2D eigenvalue weighted by atomic mass is 28.3. The molecule has 106 valence electrons. The first-order valence-corrected chi connectivity index (χ1v) is 10.6. The number of ketones is 1. The van der Waals surface area contributed by atoms with Crippen LogP contribution in [0.2, 0.25) is 19.6 Å². The summed E-state index contributed by atoms with van der Waals surface area (Å²) in [5.41, 5.74) is 4.35. The fraction of sp³-hybridized carbons (Fsp3) is 0.316.